The summed E-state index contributed by atoms with van der Waals surface area (Å²) in [5, 5.41) is 2.91. The average Bonchev–Trinajstić information content (AvgIpc) is 3.06. The van der Waals surface area contributed by atoms with Crippen molar-refractivity contribution in [2.75, 3.05) is 39.7 Å². The smallest absolute Gasteiger partial charge is 0.231 e. The van der Waals surface area contributed by atoms with Crippen molar-refractivity contribution in [1.82, 2.24) is 5.32 Å². The Bertz CT molecular complexity index is 557. The van der Waals surface area contributed by atoms with Gasteiger partial charge in [-0.05, 0) is 25.0 Å². The lowest BCUT2D eigenvalue weighted by Gasteiger charge is -2.34. The predicted octanol–water partition coefficient (Wildman–Crippen LogP) is 0.666. The second kappa shape index (κ2) is 7.06. The van der Waals surface area contributed by atoms with Gasteiger partial charge in [-0.15, -0.1) is 0 Å². The third-order valence-corrected chi connectivity index (χ3v) is 4.32. The number of hydrogen-bond acceptors (Lipinski definition) is 6. The number of carbonyl (C=O) groups excluding carboxylic acids is 1. The molecule has 0 aromatic heterocycles. The Kier molecular flexibility index (Phi) is 4.88. The zero-order chi connectivity index (χ0) is 16.1. The van der Waals surface area contributed by atoms with Gasteiger partial charge in [-0.3, -0.25) is 4.79 Å². The number of nitrogens with two attached hydrogens (primary N) is 1. The second-order valence-corrected chi connectivity index (χ2v) is 5.72. The van der Waals surface area contributed by atoms with Crippen LogP contribution in [0.3, 0.4) is 0 Å². The van der Waals surface area contributed by atoms with Gasteiger partial charge in [-0.2, -0.15) is 0 Å². The second-order valence-electron chi connectivity index (χ2n) is 5.72. The first kappa shape index (κ1) is 15.9. The summed E-state index contributed by atoms with van der Waals surface area (Å²) in [7, 11) is 0. The zero-order valence-electron chi connectivity index (χ0n) is 13.0. The van der Waals surface area contributed by atoms with E-state index < -0.39 is 5.41 Å². The average molecular weight is 322 g/mol. The van der Waals surface area contributed by atoms with Gasteiger partial charge in [0.05, 0.1) is 12.0 Å². The quantitative estimate of drug-likeness (QED) is 0.748. The van der Waals surface area contributed by atoms with Gasteiger partial charge < -0.3 is 30.0 Å². The molecule has 1 saturated heterocycles. The van der Waals surface area contributed by atoms with Gasteiger partial charge in [0.15, 0.2) is 11.5 Å². The molecule has 3 N–H and O–H groups in total. The summed E-state index contributed by atoms with van der Waals surface area (Å²) >= 11 is 0. The number of benzene rings is 1. The van der Waals surface area contributed by atoms with Gasteiger partial charge in [0, 0.05) is 25.8 Å². The summed E-state index contributed by atoms with van der Waals surface area (Å²) in [6.07, 6.45) is 1.33. The third-order valence-electron chi connectivity index (χ3n) is 4.32. The summed E-state index contributed by atoms with van der Waals surface area (Å²) in [5.74, 6) is 2.06. The van der Waals surface area contributed by atoms with Crippen LogP contribution in [0.5, 0.6) is 17.2 Å². The molecule has 0 atom stereocenters. The Labute approximate surface area is 135 Å². The molecule has 2 aliphatic heterocycles. The summed E-state index contributed by atoms with van der Waals surface area (Å²) in [6, 6.07) is 5.40. The van der Waals surface area contributed by atoms with Crippen molar-refractivity contribution >= 4 is 5.91 Å². The maximum Gasteiger partial charge on any atom is 0.231 e. The fourth-order valence-electron chi connectivity index (χ4n) is 2.77. The summed E-state index contributed by atoms with van der Waals surface area (Å²) < 4.78 is 21.5. The van der Waals surface area contributed by atoms with E-state index in [2.05, 4.69) is 5.32 Å². The number of rotatable bonds is 6. The lowest BCUT2D eigenvalue weighted by atomic mass is 9.79. The van der Waals surface area contributed by atoms with Crippen molar-refractivity contribution in [2.45, 2.75) is 12.8 Å². The molecule has 0 unspecified atom stereocenters. The molecule has 1 amide bonds. The SMILES string of the molecule is NCC1(C(=O)NCCOc2ccc3c(c2)OCO3)CCOCC1. The van der Waals surface area contributed by atoms with Crippen LogP contribution in [0.4, 0.5) is 0 Å². The van der Waals surface area contributed by atoms with Crippen molar-refractivity contribution < 1.29 is 23.7 Å². The standard InChI is InChI=1S/C16H22N2O5/c17-10-16(3-6-20-7-4-16)15(19)18-5-8-21-12-1-2-13-14(9-12)23-11-22-13/h1-2,9H,3-8,10-11,17H2,(H,18,19). The van der Waals surface area contributed by atoms with Crippen LogP contribution in [-0.4, -0.2) is 45.6 Å². The van der Waals surface area contributed by atoms with Gasteiger partial charge in [0.2, 0.25) is 12.7 Å². The minimum Gasteiger partial charge on any atom is -0.492 e. The van der Waals surface area contributed by atoms with E-state index in [4.69, 9.17) is 24.7 Å². The molecule has 3 rings (SSSR count). The Morgan fingerprint density at radius 1 is 1.26 bits per heavy atom. The van der Waals surface area contributed by atoms with Crippen molar-refractivity contribution in [3.63, 3.8) is 0 Å². The molecular weight excluding hydrogens is 300 g/mol. The van der Waals surface area contributed by atoms with Crippen LogP contribution in [0.15, 0.2) is 18.2 Å². The molecule has 1 aromatic rings. The summed E-state index contributed by atoms with van der Waals surface area (Å²) in [4.78, 5) is 12.4. The van der Waals surface area contributed by atoms with Crippen molar-refractivity contribution in [3.05, 3.63) is 18.2 Å². The van der Waals surface area contributed by atoms with Crippen LogP contribution < -0.4 is 25.3 Å². The number of nitrogens with one attached hydrogen (secondary N) is 1. The minimum absolute atomic E-state index is 0.0161. The Hall–Kier alpha value is -1.99. The molecule has 1 aromatic carbocycles. The molecule has 7 nitrogen and oxygen atoms in total. The molecule has 0 aliphatic carbocycles. The van der Waals surface area contributed by atoms with Crippen LogP contribution in [-0.2, 0) is 9.53 Å². The Morgan fingerprint density at radius 3 is 2.83 bits per heavy atom. The largest absolute Gasteiger partial charge is 0.492 e. The van der Waals surface area contributed by atoms with Gasteiger partial charge in [0.1, 0.15) is 12.4 Å². The van der Waals surface area contributed by atoms with E-state index in [1.165, 1.54) is 0 Å². The number of hydrogen-bond donors (Lipinski definition) is 2. The Morgan fingerprint density at radius 2 is 2.04 bits per heavy atom. The number of amides is 1. The highest BCUT2D eigenvalue weighted by atomic mass is 16.7. The van der Waals surface area contributed by atoms with Crippen LogP contribution in [0.1, 0.15) is 12.8 Å². The fourth-order valence-corrected chi connectivity index (χ4v) is 2.77. The van der Waals surface area contributed by atoms with Crippen LogP contribution in [0.25, 0.3) is 0 Å². The first-order valence-corrected chi connectivity index (χ1v) is 7.82. The summed E-state index contributed by atoms with van der Waals surface area (Å²) in [5.41, 5.74) is 5.31. The Balaban J connectivity index is 1.45. The van der Waals surface area contributed by atoms with Crippen LogP contribution in [0.2, 0.25) is 0 Å². The first-order chi connectivity index (χ1) is 11.2. The predicted molar refractivity (Wildman–Crippen MR) is 82.6 cm³/mol. The molecule has 7 heteroatoms. The summed E-state index contributed by atoms with van der Waals surface area (Å²) in [6.45, 7) is 2.54. The van der Waals surface area contributed by atoms with Gasteiger partial charge in [-0.1, -0.05) is 0 Å². The lowest BCUT2D eigenvalue weighted by Crippen LogP contribution is -2.49. The molecule has 1 fully saturated rings. The van der Waals surface area contributed by atoms with Crippen molar-refractivity contribution in [2.24, 2.45) is 11.1 Å². The highest BCUT2D eigenvalue weighted by molar-refractivity contribution is 5.83. The van der Waals surface area contributed by atoms with E-state index >= 15 is 0 Å². The van der Waals surface area contributed by atoms with Crippen molar-refractivity contribution in [3.8, 4) is 17.2 Å². The molecule has 0 bridgehead atoms. The molecule has 0 radical (unpaired) electrons. The van der Waals surface area contributed by atoms with E-state index in [1.54, 1.807) is 6.07 Å². The molecule has 126 valence electrons. The van der Waals surface area contributed by atoms with Gasteiger partial charge in [-0.25, -0.2) is 0 Å². The molecule has 23 heavy (non-hydrogen) atoms. The van der Waals surface area contributed by atoms with E-state index in [0.29, 0.717) is 57.3 Å². The topological polar surface area (TPSA) is 92.0 Å². The highest BCUT2D eigenvalue weighted by Crippen LogP contribution is 2.35. The van der Waals surface area contributed by atoms with E-state index in [0.717, 1.165) is 5.75 Å². The number of ether oxygens (including phenoxy) is 4. The van der Waals surface area contributed by atoms with E-state index in [9.17, 15) is 4.79 Å². The van der Waals surface area contributed by atoms with Crippen molar-refractivity contribution in [1.29, 1.82) is 0 Å². The third kappa shape index (κ3) is 3.51. The monoisotopic (exact) mass is 322 g/mol. The van der Waals surface area contributed by atoms with Crippen LogP contribution >= 0.6 is 0 Å². The minimum atomic E-state index is -0.503. The molecule has 2 heterocycles. The molecule has 0 saturated carbocycles. The maximum absolute atomic E-state index is 12.4. The lowest BCUT2D eigenvalue weighted by molar-refractivity contribution is -0.136. The molecular formula is C16H22N2O5. The zero-order valence-corrected chi connectivity index (χ0v) is 13.0. The molecule has 0 spiro atoms. The molecule has 2 aliphatic rings. The number of carbonyl (C=O) groups is 1. The highest BCUT2D eigenvalue weighted by Gasteiger charge is 2.38. The first-order valence-electron chi connectivity index (χ1n) is 7.82. The van der Waals surface area contributed by atoms with Gasteiger partial charge in [0.25, 0.3) is 0 Å². The number of fused-ring (bicyclic) bond motifs is 1. The van der Waals surface area contributed by atoms with Gasteiger partial charge >= 0.3 is 0 Å². The van der Waals surface area contributed by atoms with Crippen LogP contribution in [0, 0.1) is 5.41 Å². The van der Waals surface area contributed by atoms with E-state index in [-0.39, 0.29) is 12.7 Å². The van der Waals surface area contributed by atoms with E-state index in [1.807, 2.05) is 12.1 Å². The maximum atomic E-state index is 12.4. The normalized spacial score (nSPS) is 18.5. The fraction of sp³-hybridized carbons (Fsp3) is 0.562.